The zero-order valence-corrected chi connectivity index (χ0v) is 12.0. The summed E-state index contributed by atoms with van der Waals surface area (Å²) in [5, 5.41) is 0. The Labute approximate surface area is 109 Å². The lowest BCUT2D eigenvalue weighted by Gasteiger charge is -2.30. The van der Waals surface area contributed by atoms with E-state index in [1.54, 1.807) is 0 Å². The molecule has 1 fully saturated rings. The molecule has 1 aliphatic rings. The van der Waals surface area contributed by atoms with Crippen molar-refractivity contribution in [3.05, 3.63) is 0 Å². The van der Waals surface area contributed by atoms with E-state index < -0.39 is 10.2 Å². The van der Waals surface area contributed by atoms with Crippen LogP contribution in [0.3, 0.4) is 0 Å². The van der Waals surface area contributed by atoms with Gasteiger partial charge in [-0.05, 0) is 18.8 Å². The van der Waals surface area contributed by atoms with Gasteiger partial charge in [0.25, 0.3) is 10.2 Å². The first-order valence-corrected chi connectivity index (χ1v) is 7.72. The summed E-state index contributed by atoms with van der Waals surface area (Å²) in [5.41, 5.74) is 5.45. The lowest BCUT2D eigenvalue weighted by atomic mass is 10.0. The molecule has 2 unspecified atom stereocenters. The highest BCUT2D eigenvalue weighted by Gasteiger charge is 2.27. The third kappa shape index (κ3) is 4.50. The number of piperidine rings is 1. The molecule has 0 aromatic heterocycles. The molecule has 0 radical (unpaired) electrons. The number of hydrogen-bond donors (Lipinski definition) is 2. The van der Waals surface area contributed by atoms with E-state index in [4.69, 9.17) is 18.0 Å². The van der Waals surface area contributed by atoms with E-state index in [0.717, 1.165) is 12.8 Å². The Morgan fingerprint density at radius 3 is 2.82 bits per heavy atom. The fourth-order valence-corrected chi connectivity index (χ4v) is 3.33. The van der Waals surface area contributed by atoms with Gasteiger partial charge < -0.3 is 5.73 Å². The summed E-state index contributed by atoms with van der Waals surface area (Å²) in [7, 11) is -3.38. The molecule has 1 aliphatic heterocycles. The molecule has 3 N–H and O–H groups in total. The predicted octanol–water partition coefficient (Wildman–Crippen LogP) is 0.475. The molecule has 0 aromatic rings. The SMILES string of the molecule is CC1CCCN(S(=O)(=O)NCC(C)C(N)=S)C1. The van der Waals surface area contributed by atoms with Crippen LogP contribution in [0.15, 0.2) is 0 Å². The second-order valence-corrected chi connectivity index (χ2v) is 6.99. The summed E-state index contributed by atoms with van der Waals surface area (Å²) in [6, 6.07) is 0. The van der Waals surface area contributed by atoms with Crippen molar-refractivity contribution in [2.24, 2.45) is 17.6 Å². The average Bonchev–Trinajstić information content (AvgIpc) is 2.26. The fraction of sp³-hybridized carbons (Fsp3) is 0.900. The van der Waals surface area contributed by atoms with Gasteiger partial charge in [-0.3, -0.25) is 0 Å². The Bertz CT molecular complexity index is 370. The molecule has 17 heavy (non-hydrogen) atoms. The molecule has 5 nitrogen and oxygen atoms in total. The van der Waals surface area contributed by atoms with E-state index in [1.165, 1.54) is 4.31 Å². The number of nitrogens with zero attached hydrogens (tertiary/aromatic N) is 1. The smallest absolute Gasteiger partial charge is 0.279 e. The van der Waals surface area contributed by atoms with E-state index >= 15 is 0 Å². The normalized spacial score (nSPS) is 24.5. The molecule has 0 aliphatic carbocycles. The molecule has 0 saturated carbocycles. The van der Waals surface area contributed by atoms with Crippen molar-refractivity contribution in [3.8, 4) is 0 Å². The van der Waals surface area contributed by atoms with E-state index in [1.807, 2.05) is 6.92 Å². The number of nitrogens with two attached hydrogens (primary N) is 1. The number of nitrogens with one attached hydrogen (secondary N) is 1. The monoisotopic (exact) mass is 279 g/mol. The Kier molecular flexibility index (Phi) is 5.30. The molecule has 0 bridgehead atoms. The summed E-state index contributed by atoms with van der Waals surface area (Å²) >= 11 is 4.81. The molecule has 1 rings (SSSR count). The predicted molar refractivity (Wildman–Crippen MR) is 72.8 cm³/mol. The zero-order valence-electron chi connectivity index (χ0n) is 10.3. The van der Waals surface area contributed by atoms with E-state index in [-0.39, 0.29) is 12.5 Å². The summed E-state index contributed by atoms with van der Waals surface area (Å²) in [4.78, 5) is 0.333. The lowest BCUT2D eigenvalue weighted by Crippen LogP contribution is -2.47. The second kappa shape index (κ2) is 6.08. The van der Waals surface area contributed by atoms with Crippen LogP contribution in [0, 0.1) is 11.8 Å². The van der Waals surface area contributed by atoms with Crippen molar-refractivity contribution >= 4 is 27.4 Å². The third-order valence-corrected chi connectivity index (χ3v) is 4.96. The van der Waals surface area contributed by atoms with Gasteiger partial charge in [0.1, 0.15) is 0 Å². The van der Waals surface area contributed by atoms with Gasteiger partial charge in [-0.1, -0.05) is 26.1 Å². The molecular formula is C10H21N3O2S2. The van der Waals surface area contributed by atoms with Crippen LogP contribution < -0.4 is 10.5 Å². The Hall–Kier alpha value is -0.240. The molecule has 0 spiro atoms. The molecule has 100 valence electrons. The van der Waals surface area contributed by atoms with Crippen molar-refractivity contribution in [2.45, 2.75) is 26.7 Å². The van der Waals surface area contributed by atoms with Gasteiger partial charge in [-0.2, -0.15) is 12.7 Å². The topological polar surface area (TPSA) is 75.4 Å². The van der Waals surface area contributed by atoms with Crippen molar-refractivity contribution in [3.63, 3.8) is 0 Å². The highest BCUT2D eigenvalue weighted by atomic mass is 32.2. The largest absolute Gasteiger partial charge is 0.393 e. The third-order valence-electron chi connectivity index (χ3n) is 3.02. The molecule has 2 atom stereocenters. The molecule has 1 saturated heterocycles. The van der Waals surface area contributed by atoms with Crippen LogP contribution in [0.1, 0.15) is 26.7 Å². The summed E-state index contributed by atoms with van der Waals surface area (Å²) < 4.78 is 28.0. The first kappa shape index (κ1) is 14.8. The van der Waals surface area contributed by atoms with Crippen molar-refractivity contribution in [1.82, 2.24) is 9.03 Å². The minimum absolute atomic E-state index is 0.123. The minimum Gasteiger partial charge on any atom is -0.393 e. The minimum atomic E-state index is -3.38. The summed E-state index contributed by atoms with van der Waals surface area (Å²) in [6.45, 7) is 5.34. The van der Waals surface area contributed by atoms with Gasteiger partial charge in [0.2, 0.25) is 0 Å². The first-order chi connectivity index (χ1) is 7.83. The Morgan fingerprint density at radius 2 is 2.29 bits per heavy atom. The van der Waals surface area contributed by atoms with Gasteiger partial charge in [-0.15, -0.1) is 0 Å². The number of hydrogen-bond acceptors (Lipinski definition) is 3. The number of rotatable bonds is 5. The summed E-state index contributed by atoms with van der Waals surface area (Å²) in [6.07, 6.45) is 2.02. The molecule has 0 amide bonds. The van der Waals surface area contributed by atoms with Crippen LogP contribution in [-0.4, -0.2) is 37.3 Å². The standard InChI is InChI=1S/C10H21N3O2S2/c1-8-4-3-5-13(7-8)17(14,15)12-6-9(2)10(11)16/h8-9,12H,3-7H2,1-2H3,(H2,11,16). The van der Waals surface area contributed by atoms with Gasteiger partial charge in [0, 0.05) is 25.6 Å². The van der Waals surface area contributed by atoms with Crippen LogP contribution in [-0.2, 0) is 10.2 Å². The molecule has 1 heterocycles. The van der Waals surface area contributed by atoms with E-state index in [2.05, 4.69) is 11.6 Å². The van der Waals surface area contributed by atoms with Gasteiger partial charge in [-0.25, -0.2) is 4.72 Å². The van der Waals surface area contributed by atoms with Gasteiger partial charge in [0.15, 0.2) is 0 Å². The molecule has 0 aromatic carbocycles. The van der Waals surface area contributed by atoms with Crippen LogP contribution in [0.25, 0.3) is 0 Å². The lowest BCUT2D eigenvalue weighted by molar-refractivity contribution is 0.278. The molecule has 7 heteroatoms. The van der Waals surface area contributed by atoms with E-state index in [0.29, 0.717) is 24.0 Å². The first-order valence-electron chi connectivity index (χ1n) is 5.87. The van der Waals surface area contributed by atoms with Crippen molar-refractivity contribution in [1.29, 1.82) is 0 Å². The number of thiocarbonyl (C=S) groups is 1. The van der Waals surface area contributed by atoms with Crippen molar-refractivity contribution < 1.29 is 8.42 Å². The Balaban J connectivity index is 2.53. The van der Waals surface area contributed by atoms with E-state index in [9.17, 15) is 8.42 Å². The maximum atomic E-state index is 12.0. The highest BCUT2D eigenvalue weighted by Crippen LogP contribution is 2.17. The zero-order chi connectivity index (χ0) is 13.1. The maximum absolute atomic E-state index is 12.0. The Morgan fingerprint density at radius 1 is 1.65 bits per heavy atom. The van der Waals surface area contributed by atoms with Crippen LogP contribution >= 0.6 is 12.2 Å². The van der Waals surface area contributed by atoms with Gasteiger partial charge in [0.05, 0.1) is 4.99 Å². The second-order valence-electron chi connectivity index (χ2n) is 4.76. The average molecular weight is 279 g/mol. The summed E-state index contributed by atoms with van der Waals surface area (Å²) in [5.74, 6) is 0.301. The van der Waals surface area contributed by atoms with Gasteiger partial charge >= 0.3 is 0 Å². The maximum Gasteiger partial charge on any atom is 0.279 e. The van der Waals surface area contributed by atoms with Crippen molar-refractivity contribution in [2.75, 3.05) is 19.6 Å². The highest BCUT2D eigenvalue weighted by molar-refractivity contribution is 7.87. The fourth-order valence-electron chi connectivity index (χ4n) is 1.79. The molecular weight excluding hydrogens is 258 g/mol. The quantitative estimate of drug-likeness (QED) is 0.718. The van der Waals surface area contributed by atoms with Crippen LogP contribution in [0.2, 0.25) is 0 Å². The van der Waals surface area contributed by atoms with Crippen LogP contribution in [0.5, 0.6) is 0 Å². The van der Waals surface area contributed by atoms with Crippen LogP contribution in [0.4, 0.5) is 0 Å².